The summed E-state index contributed by atoms with van der Waals surface area (Å²) in [6, 6.07) is 5.99. The van der Waals surface area contributed by atoms with E-state index < -0.39 is 10.7 Å². The van der Waals surface area contributed by atoms with Crippen LogP contribution in [0.1, 0.15) is 0 Å². The molecule has 1 heterocycles. The highest BCUT2D eigenvalue weighted by Crippen LogP contribution is 2.28. The van der Waals surface area contributed by atoms with E-state index in [1.54, 1.807) is 0 Å². The summed E-state index contributed by atoms with van der Waals surface area (Å²) < 4.78 is 13.1. The average molecular weight is 302 g/mol. The van der Waals surface area contributed by atoms with E-state index in [9.17, 15) is 14.5 Å². The SMILES string of the molecule is O=[N+]([O-])c1cc(Cl)nc(Nc2cc(F)ccc2Cl)c1. The summed E-state index contributed by atoms with van der Waals surface area (Å²) in [7, 11) is 0. The van der Waals surface area contributed by atoms with Crippen molar-refractivity contribution in [1.29, 1.82) is 0 Å². The molecule has 98 valence electrons. The Balaban J connectivity index is 2.38. The number of aromatic nitrogens is 1. The summed E-state index contributed by atoms with van der Waals surface area (Å²) in [5, 5.41) is 13.6. The fourth-order valence-corrected chi connectivity index (χ4v) is 1.75. The van der Waals surface area contributed by atoms with Gasteiger partial charge in [-0.15, -0.1) is 0 Å². The second-order valence-corrected chi connectivity index (χ2v) is 4.33. The lowest BCUT2D eigenvalue weighted by molar-refractivity contribution is -0.384. The summed E-state index contributed by atoms with van der Waals surface area (Å²) in [6.07, 6.45) is 0. The molecule has 8 heteroatoms. The second kappa shape index (κ2) is 5.38. The van der Waals surface area contributed by atoms with Crippen molar-refractivity contribution in [2.24, 2.45) is 0 Å². The topological polar surface area (TPSA) is 68.1 Å². The number of halogens is 3. The smallest absolute Gasteiger partial charge is 0.276 e. The molecule has 0 spiro atoms. The maximum absolute atomic E-state index is 13.1. The molecule has 0 aliphatic heterocycles. The van der Waals surface area contributed by atoms with Crippen molar-refractivity contribution in [3.8, 4) is 0 Å². The van der Waals surface area contributed by atoms with E-state index in [0.29, 0.717) is 0 Å². The van der Waals surface area contributed by atoms with Crippen LogP contribution in [0.3, 0.4) is 0 Å². The molecule has 0 saturated heterocycles. The van der Waals surface area contributed by atoms with Gasteiger partial charge >= 0.3 is 0 Å². The van der Waals surface area contributed by atoms with Crippen molar-refractivity contribution < 1.29 is 9.31 Å². The van der Waals surface area contributed by atoms with E-state index in [1.165, 1.54) is 18.2 Å². The summed E-state index contributed by atoms with van der Waals surface area (Å²) in [4.78, 5) is 13.9. The minimum absolute atomic E-state index is 0.0516. The highest BCUT2D eigenvalue weighted by Gasteiger charge is 2.11. The predicted molar refractivity (Wildman–Crippen MR) is 70.6 cm³/mol. The lowest BCUT2D eigenvalue weighted by Gasteiger charge is -2.07. The van der Waals surface area contributed by atoms with Crippen LogP contribution in [-0.4, -0.2) is 9.91 Å². The Morgan fingerprint density at radius 1 is 1.26 bits per heavy atom. The van der Waals surface area contributed by atoms with E-state index in [2.05, 4.69) is 10.3 Å². The Kier molecular flexibility index (Phi) is 3.82. The molecule has 2 rings (SSSR count). The molecule has 0 fully saturated rings. The van der Waals surface area contributed by atoms with Crippen molar-refractivity contribution in [3.63, 3.8) is 0 Å². The van der Waals surface area contributed by atoms with Crippen LogP contribution in [0.4, 0.5) is 21.6 Å². The van der Waals surface area contributed by atoms with Gasteiger partial charge in [0.15, 0.2) is 0 Å². The molecular weight excluding hydrogens is 296 g/mol. The molecule has 0 saturated carbocycles. The Morgan fingerprint density at radius 2 is 2.00 bits per heavy atom. The Morgan fingerprint density at radius 3 is 2.68 bits per heavy atom. The first kappa shape index (κ1) is 13.5. The molecule has 2 aromatic rings. The summed E-state index contributed by atoms with van der Waals surface area (Å²) in [5.41, 5.74) is 0.0146. The molecule has 0 unspecified atom stereocenters. The van der Waals surface area contributed by atoms with Crippen LogP contribution in [-0.2, 0) is 0 Å². The van der Waals surface area contributed by atoms with Gasteiger partial charge in [0, 0.05) is 0 Å². The largest absolute Gasteiger partial charge is 0.339 e. The van der Waals surface area contributed by atoms with Crippen molar-refractivity contribution in [3.05, 3.63) is 56.4 Å². The van der Waals surface area contributed by atoms with E-state index in [-0.39, 0.29) is 27.4 Å². The van der Waals surface area contributed by atoms with E-state index in [0.717, 1.165) is 12.1 Å². The molecular formula is C11H6Cl2FN3O2. The molecule has 1 aromatic carbocycles. The van der Waals surface area contributed by atoms with Crippen LogP contribution in [0.15, 0.2) is 30.3 Å². The maximum atomic E-state index is 13.1. The van der Waals surface area contributed by atoms with E-state index in [1.807, 2.05) is 0 Å². The molecule has 1 aromatic heterocycles. The number of nitrogens with zero attached hydrogens (tertiary/aromatic N) is 2. The van der Waals surface area contributed by atoms with Gasteiger partial charge in [-0.05, 0) is 18.2 Å². The molecule has 5 nitrogen and oxygen atoms in total. The number of pyridine rings is 1. The predicted octanol–water partition coefficient (Wildman–Crippen LogP) is 4.18. The highest BCUT2D eigenvalue weighted by molar-refractivity contribution is 6.33. The van der Waals surface area contributed by atoms with Crippen LogP contribution >= 0.6 is 23.2 Å². The number of anilines is 2. The van der Waals surface area contributed by atoms with E-state index in [4.69, 9.17) is 23.2 Å². The van der Waals surface area contributed by atoms with Crippen LogP contribution < -0.4 is 5.32 Å². The molecule has 0 aliphatic carbocycles. The molecule has 1 N–H and O–H groups in total. The third-order valence-corrected chi connectivity index (χ3v) is 2.70. The first-order chi connectivity index (χ1) is 8.95. The van der Waals surface area contributed by atoms with Gasteiger partial charge in [0.25, 0.3) is 5.69 Å². The third-order valence-electron chi connectivity index (χ3n) is 2.18. The van der Waals surface area contributed by atoms with Crippen molar-refractivity contribution in [2.45, 2.75) is 0 Å². The fraction of sp³-hybridized carbons (Fsp3) is 0. The van der Waals surface area contributed by atoms with Gasteiger partial charge in [-0.3, -0.25) is 10.1 Å². The minimum atomic E-state index is -0.605. The van der Waals surface area contributed by atoms with Gasteiger partial charge in [-0.1, -0.05) is 23.2 Å². The molecule has 0 bridgehead atoms. The summed E-state index contributed by atoms with van der Waals surface area (Å²) in [5.74, 6) is -0.393. The molecule has 0 amide bonds. The number of nitrogens with one attached hydrogen (secondary N) is 1. The van der Waals surface area contributed by atoms with Gasteiger partial charge in [-0.2, -0.15) is 0 Å². The zero-order valence-electron chi connectivity index (χ0n) is 9.23. The van der Waals surface area contributed by atoms with Crippen LogP contribution in [0.2, 0.25) is 10.2 Å². The zero-order chi connectivity index (χ0) is 14.0. The normalized spacial score (nSPS) is 10.3. The lowest BCUT2D eigenvalue weighted by Crippen LogP contribution is -1.97. The quantitative estimate of drug-likeness (QED) is 0.524. The fourth-order valence-electron chi connectivity index (χ4n) is 1.38. The maximum Gasteiger partial charge on any atom is 0.276 e. The number of hydrogen-bond donors (Lipinski definition) is 1. The Bertz CT molecular complexity index is 652. The summed E-state index contributed by atoms with van der Waals surface area (Å²) in [6.45, 7) is 0. The summed E-state index contributed by atoms with van der Waals surface area (Å²) >= 11 is 11.5. The second-order valence-electron chi connectivity index (χ2n) is 3.54. The van der Waals surface area contributed by atoms with Gasteiger partial charge in [0.2, 0.25) is 0 Å². The van der Waals surface area contributed by atoms with Crippen LogP contribution in [0.25, 0.3) is 0 Å². The van der Waals surface area contributed by atoms with Gasteiger partial charge in [0.05, 0.1) is 27.8 Å². The van der Waals surface area contributed by atoms with Crippen molar-refractivity contribution >= 4 is 40.4 Å². The minimum Gasteiger partial charge on any atom is -0.339 e. The van der Waals surface area contributed by atoms with Gasteiger partial charge in [-0.25, -0.2) is 9.37 Å². The third kappa shape index (κ3) is 3.30. The standard InChI is InChI=1S/C11H6Cl2FN3O2/c12-8-2-1-6(14)3-9(8)15-11-5-7(17(18)19)4-10(13)16-11/h1-5H,(H,15,16). The first-order valence-electron chi connectivity index (χ1n) is 5.00. The average Bonchev–Trinajstić information content (AvgIpc) is 2.33. The van der Waals surface area contributed by atoms with Gasteiger partial charge in [0.1, 0.15) is 16.8 Å². The van der Waals surface area contributed by atoms with Crippen molar-refractivity contribution in [1.82, 2.24) is 4.98 Å². The van der Waals surface area contributed by atoms with Crippen molar-refractivity contribution in [2.75, 3.05) is 5.32 Å². The number of nitro groups is 1. The number of benzene rings is 1. The monoisotopic (exact) mass is 301 g/mol. The first-order valence-corrected chi connectivity index (χ1v) is 5.75. The Labute approximate surface area is 117 Å². The van der Waals surface area contributed by atoms with Crippen LogP contribution in [0.5, 0.6) is 0 Å². The lowest BCUT2D eigenvalue weighted by atomic mass is 10.3. The number of rotatable bonds is 3. The Hall–Kier alpha value is -1.92. The van der Waals surface area contributed by atoms with Crippen LogP contribution in [0, 0.1) is 15.9 Å². The molecule has 19 heavy (non-hydrogen) atoms. The number of hydrogen-bond acceptors (Lipinski definition) is 4. The van der Waals surface area contributed by atoms with Gasteiger partial charge < -0.3 is 5.32 Å². The highest BCUT2D eigenvalue weighted by atomic mass is 35.5. The molecule has 0 atom stereocenters. The van der Waals surface area contributed by atoms with E-state index >= 15 is 0 Å². The molecule has 0 radical (unpaired) electrons. The zero-order valence-corrected chi connectivity index (χ0v) is 10.7. The molecule has 0 aliphatic rings.